The largest absolute Gasteiger partial charge is 1.00 e. The highest BCUT2D eigenvalue weighted by Gasteiger charge is 2.20. The summed E-state index contributed by atoms with van der Waals surface area (Å²) in [5, 5.41) is 15.1. The number of hydrogen-bond donors (Lipinski definition) is 2. The number of benzene rings is 2. The molecule has 0 aliphatic carbocycles. The summed E-state index contributed by atoms with van der Waals surface area (Å²) in [5.41, 5.74) is 0.350. The van der Waals surface area contributed by atoms with Gasteiger partial charge in [-0.05, 0) is 35.7 Å². The molecule has 0 bridgehead atoms. The number of phenolic OH excluding ortho intramolecular Hbond substituents is 1. The first-order valence-electron chi connectivity index (χ1n) is 10.3. The molecular formula is C23H35ClN2O2. The number of quaternary nitrogens is 1. The van der Waals surface area contributed by atoms with Gasteiger partial charge in [-0.1, -0.05) is 51.0 Å². The number of aromatic hydroxyl groups is 1. The number of carbonyl (C=O) groups is 1. The number of nitrogens with zero attached hydrogens (tertiary/aromatic N) is 1. The predicted octanol–water partition coefficient (Wildman–Crippen LogP) is 1.72. The molecule has 2 rings (SSSR count). The summed E-state index contributed by atoms with van der Waals surface area (Å²) in [6, 6.07) is 11.2. The molecule has 0 saturated heterocycles. The van der Waals surface area contributed by atoms with Gasteiger partial charge in [0.25, 0.3) is 5.91 Å². The van der Waals surface area contributed by atoms with Gasteiger partial charge in [-0.2, -0.15) is 0 Å². The lowest BCUT2D eigenvalue weighted by atomic mass is 10.1. The van der Waals surface area contributed by atoms with Gasteiger partial charge in [0.1, 0.15) is 5.75 Å². The van der Waals surface area contributed by atoms with Gasteiger partial charge in [0, 0.05) is 13.0 Å². The minimum Gasteiger partial charge on any atom is -1.00 e. The summed E-state index contributed by atoms with van der Waals surface area (Å²) in [4.78, 5) is 12.5. The Morgan fingerprint density at radius 3 is 2.07 bits per heavy atom. The second-order valence-electron chi connectivity index (χ2n) is 7.82. The number of hydrogen-bond acceptors (Lipinski definition) is 2. The van der Waals surface area contributed by atoms with Crippen LogP contribution in [0.2, 0.25) is 0 Å². The first-order valence-corrected chi connectivity index (χ1v) is 10.3. The number of carbonyl (C=O) groups excluding carboxylic acids is 1. The molecule has 0 aliphatic heterocycles. The van der Waals surface area contributed by atoms with Crippen LogP contribution in [0, 0.1) is 0 Å². The molecule has 2 aromatic rings. The van der Waals surface area contributed by atoms with Crippen LogP contribution in [0.5, 0.6) is 5.75 Å². The second-order valence-corrected chi connectivity index (χ2v) is 7.82. The smallest absolute Gasteiger partial charge is 0.255 e. The molecule has 1 amide bonds. The Morgan fingerprint density at radius 2 is 1.50 bits per heavy atom. The van der Waals surface area contributed by atoms with Gasteiger partial charge in [-0.15, -0.1) is 0 Å². The Balaban J connectivity index is 0.00000392. The average Bonchev–Trinajstić information content (AvgIpc) is 2.67. The highest BCUT2D eigenvalue weighted by molar-refractivity contribution is 6.01. The predicted molar refractivity (Wildman–Crippen MR) is 113 cm³/mol. The molecule has 156 valence electrons. The molecule has 0 radical (unpaired) electrons. The van der Waals surface area contributed by atoms with Crippen LogP contribution in [-0.4, -0.2) is 48.7 Å². The number of halogens is 1. The number of fused-ring (bicyclic) bond motifs is 1. The molecule has 0 aromatic heterocycles. The van der Waals surface area contributed by atoms with E-state index in [4.69, 9.17) is 0 Å². The fraction of sp³-hybridized carbons (Fsp3) is 0.522. The summed E-state index contributed by atoms with van der Waals surface area (Å²) in [6.07, 6.45) is 5.88. The normalized spacial score (nSPS) is 11.2. The van der Waals surface area contributed by atoms with E-state index in [0.29, 0.717) is 12.1 Å². The fourth-order valence-corrected chi connectivity index (χ4v) is 3.58. The molecule has 4 nitrogen and oxygen atoms in total. The van der Waals surface area contributed by atoms with Crippen molar-refractivity contribution >= 4 is 16.7 Å². The van der Waals surface area contributed by atoms with E-state index in [1.165, 1.54) is 38.8 Å². The average molecular weight is 407 g/mol. The molecule has 5 heteroatoms. The maximum atomic E-state index is 12.5. The van der Waals surface area contributed by atoms with Gasteiger partial charge in [0.05, 0.1) is 32.2 Å². The van der Waals surface area contributed by atoms with Gasteiger partial charge in [-0.3, -0.25) is 4.79 Å². The van der Waals surface area contributed by atoms with E-state index in [1.54, 1.807) is 12.1 Å². The van der Waals surface area contributed by atoms with Crippen LogP contribution in [-0.2, 0) is 0 Å². The Bertz CT molecular complexity index is 740. The van der Waals surface area contributed by atoms with Crippen molar-refractivity contribution in [3.8, 4) is 5.75 Å². The second kappa shape index (κ2) is 11.9. The van der Waals surface area contributed by atoms with Crippen molar-refractivity contribution in [1.82, 2.24) is 5.32 Å². The lowest BCUT2D eigenvalue weighted by molar-refractivity contribution is -0.910. The van der Waals surface area contributed by atoms with Crippen molar-refractivity contribution in [2.75, 3.05) is 33.2 Å². The van der Waals surface area contributed by atoms with Crippen molar-refractivity contribution in [1.29, 1.82) is 0 Å². The molecule has 28 heavy (non-hydrogen) atoms. The number of rotatable bonds is 11. The molecule has 0 fully saturated rings. The van der Waals surface area contributed by atoms with Crippen LogP contribution >= 0.6 is 0 Å². The van der Waals surface area contributed by atoms with Crippen LogP contribution in [0.1, 0.15) is 56.3 Å². The summed E-state index contributed by atoms with van der Waals surface area (Å²) in [6.45, 7) is 8.59. The van der Waals surface area contributed by atoms with Crippen molar-refractivity contribution < 1.29 is 26.8 Å². The van der Waals surface area contributed by atoms with Gasteiger partial charge in [0.15, 0.2) is 0 Å². The minimum absolute atomic E-state index is 0. The minimum atomic E-state index is -0.199. The fourth-order valence-electron chi connectivity index (χ4n) is 3.58. The van der Waals surface area contributed by atoms with E-state index < -0.39 is 0 Å². The van der Waals surface area contributed by atoms with Crippen molar-refractivity contribution in [2.24, 2.45) is 0 Å². The third-order valence-electron chi connectivity index (χ3n) is 5.37. The van der Waals surface area contributed by atoms with Crippen LogP contribution in [0.4, 0.5) is 0 Å². The molecule has 0 saturated carbocycles. The van der Waals surface area contributed by atoms with E-state index in [0.717, 1.165) is 28.2 Å². The van der Waals surface area contributed by atoms with Gasteiger partial charge in [0.2, 0.25) is 0 Å². The maximum Gasteiger partial charge on any atom is 0.255 e. The first-order chi connectivity index (χ1) is 13.0. The molecule has 0 atom stereocenters. The number of nitrogens with one attached hydrogen (secondary N) is 1. The molecule has 2 N–H and O–H groups in total. The number of amides is 1. The zero-order valence-electron chi connectivity index (χ0n) is 17.5. The maximum absolute atomic E-state index is 12.5. The number of phenols is 1. The third-order valence-corrected chi connectivity index (χ3v) is 5.37. The third kappa shape index (κ3) is 6.99. The van der Waals surface area contributed by atoms with Gasteiger partial charge in [-0.25, -0.2) is 0 Å². The lowest BCUT2D eigenvalue weighted by Gasteiger charge is -2.35. The van der Waals surface area contributed by atoms with Crippen LogP contribution < -0.4 is 17.7 Å². The SMILES string of the molecule is CCCC[N+](C)(CCCC)CCCNC(=O)c1cc2ccccc2cc1O.[Cl-]. The Kier molecular flexibility index (Phi) is 10.3. The summed E-state index contributed by atoms with van der Waals surface area (Å²) in [5.74, 6) is -0.160. The lowest BCUT2D eigenvalue weighted by Crippen LogP contribution is -3.00. The molecule has 0 spiro atoms. The van der Waals surface area contributed by atoms with Gasteiger partial charge < -0.3 is 27.3 Å². The van der Waals surface area contributed by atoms with Crippen LogP contribution in [0.25, 0.3) is 10.8 Å². The number of unbranched alkanes of at least 4 members (excludes halogenated alkanes) is 2. The van der Waals surface area contributed by atoms with E-state index in [-0.39, 0.29) is 24.1 Å². The highest BCUT2D eigenvalue weighted by atomic mass is 35.5. The molecule has 0 heterocycles. The Morgan fingerprint density at radius 1 is 0.964 bits per heavy atom. The first kappa shape index (κ1) is 24.3. The zero-order valence-corrected chi connectivity index (χ0v) is 18.3. The quantitative estimate of drug-likeness (QED) is 0.441. The standard InChI is InChI=1S/C23H34N2O2.ClH/c1-4-6-14-25(3,15-7-5-2)16-10-13-24-23(27)21-17-19-11-8-9-12-20(19)18-22(21)26;/h8-9,11-12,17-18H,4-7,10,13-16H2,1-3H3,(H-,24,26,27);1H. The molecule has 0 aliphatic rings. The van der Waals surface area contributed by atoms with Crippen LogP contribution in [0.15, 0.2) is 36.4 Å². The van der Waals surface area contributed by atoms with Crippen LogP contribution in [0.3, 0.4) is 0 Å². The monoisotopic (exact) mass is 406 g/mol. The van der Waals surface area contributed by atoms with Crippen molar-refractivity contribution in [3.63, 3.8) is 0 Å². The Labute approximate surface area is 175 Å². The molecule has 2 aromatic carbocycles. The topological polar surface area (TPSA) is 49.3 Å². The van der Waals surface area contributed by atoms with E-state index in [1.807, 2.05) is 24.3 Å². The highest BCUT2D eigenvalue weighted by Crippen LogP contribution is 2.24. The van der Waals surface area contributed by atoms with Crippen molar-refractivity contribution in [3.05, 3.63) is 42.0 Å². The van der Waals surface area contributed by atoms with E-state index >= 15 is 0 Å². The molecular weight excluding hydrogens is 372 g/mol. The van der Waals surface area contributed by atoms with E-state index in [2.05, 4.69) is 26.2 Å². The summed E-state index contributed by atoms with van der Waals surface area (Å²) >= 11 is 0. The van der Waals surface area contributed by atoms with Crippen molar-refractivity contribution in [2.45, 2.75) is 46.0 Å². The summed E-state index contributed by atoms with van der Waals surface area (Å²) < 4.78 is 1.08. The summed E-state index contributed by atoms with van der Waals surface area (Å²) in [7, 11) is 2.34. The molecule has 0 unspecified atom stereocenters. The van der Waals surface area contributed by atoms with Gasteiger partial charge >= 0.3 is 0 Å². The van der Waals surface area contributed by atoms with E-state index in [9.17, 15) is 9.90 Å². The zero-order chi connectivity index (χ0) is 19.7. The Hall–Kier alpha value is -1.78.